The van der Waals surface area contributed by atoms with Crippen molar-refractivity contribution in [3.63, 3.8) is 0 Å². The third kappa shape index (κ3) is 7.97. The van der Waals surface area contributed by atoms with E-state index in [4.69, 9.17) is 4.74 Å². The standard InChI is InChI=1S/C15H21NO3/c17-12-8-3-1-2-7-11-16-15(18)19-13-14-9-5-4-6-10-14/h4-6,9-10,12H,1-3,7-8,11,13H2,(H,16,18). The van der Waals surface area contributed by atoms with E-state index >= 15 is 0 Å². The fourth-order valence-electron chi connectivity index (χ4n) is 1.67. The highest BCUT2D eigenvalue weighted by molar-refractivity contribution is 5.67. The minimum absolute atomic E-state index is 0.298. The molecule has 1 N–H and O–H groups in total. The lowest BCUT2D eigenvalue weighted by Crippen LogP contribution is -2.25. The molecule has 0 radical (unpaired) electrons. The number of carbonyl (C=O) groups excluding carboxylic acids is 2. The van der Waals surface area contributed by atoms with Crippen LogP contribution in [0.25, 0.3) is 0 Å². The van der Waals surface area contributed by atoms with E-state index in [0.29, 0.717) is 19.6 Å². The summed E-state index contributed by atoms with van der Waals surface area (Å²) in [7, 11) is 0. The maximum Gasteiger partial charge on any atom is 0.407 e. The lowest BCUT2D eigenvalue weighted by molar-refractivity contribution is -0.107. The Bertz CT molecular complexity index is 365. The number of ether oxygens (including phenoxy) is 1. The molecule has 0 fully saturated rings. The molecular formula is C15H21NO3. The number of unbranched alkanes of at least 4 members (excludes halogenated alkanes) is 4. The summed E-state index contributed by atoms with van der Waals surface area (Å²) < 4.78 is 5.08. The molecule has 0 aliphatic rings. The molecule has 0 saturated carbocycles. The zero-order valence-corrected chi connectivity index (χ0v) is 11.1. The van der Waals surface area contributed by atoms with Gasteiger partial charge in [0.05, 0.1) is 0 Å². The van der Waals surface area contributed by atoms with Crippen LogP contribution >= 0.6 is 0 Å². The first-order chi connectivity index (χ1) is 9.33. The highest BCUT2D eigenvalue weighted by atomic mass is 16.5. The molecule has 0 aromatic heterocycles. The summed E-state index contributed by atoms with van der Waals surface area (Å²) in [5, 5.41) is 2.71. The van der Waals surface area contributed by atoms with Crippen molar-refractivity contribution in [2.75, 3.05) is 6.54 Å². The zero-order chi connectivity index (χ0) is 13.8. The number of carbonyl (C=O) groups is 2. The summed E-state index contributed by atoms with van der Waals surface area (Å²) >= 11 is 0. The normalized spacial score (nSPS) is 9.89. The summed E-state index contributed by atoms with van der Waals surface area (Å²) in [5.74, 6) is 0. The van der Waals surface area contributed by atoms with Crippen LogP contribution in [-0.2, 0) is 16.1 Å². The average molecular weight is 263 g/mol. The fourth-order valence-corrected chi connectivity index (χ4v) is 1.67. The molecule has 0 unspecified atom stereocenters. The van der Waals surface area contributed by atoms with E-state index in [1.165, 1.54) is 0 Å². The van der Waals surface area contributed by atoms with Gasteiger partial charge in [-0.25, -0.2) is 4.79 Å². The maximum atomic E-state index is 11.4. The molecule has 4 nitrogen and oxygen atoms in total. The van der Waals surface area contributed by atoms with Crippen molar-refractivity contribution in [2.24, 2.45) is 0 Å². The summed E-state index contributed by atoms with van der Waals surface area (Å²) in [4.78, 5) is 21.5. The first-order valence-corrected chi connectivity index (χ1v) is 6.71. The van der Waals surface area contributed by atoms with Crippen molar-refractivity contribution in [3.05, 3.63) is 35.9 Å². The van der Waals surface area contributed by atoms with Gasteiger partial charge in [-0.2, -0.15) is 0 Å². The number of hydrogen-bond acceptors (Lipinski definition) is 3. The van der Waals surface area contributed by atoms with E-state index in [1.54, 1.807) is 0 Å². The van der Waals surface area contributed by atoms with Gasteiger partial charge in [-0.15, -0.1) is 0 Å². The first-order valence-electron chi connectivity index (χ1n) is 6.71. The highest BCUT2D eigenvalue weighted by Crippen LogP contribution is 2.02. The molecule has 0 atom stereocenters. The van der Waals surface area contributed by atoms with Crippen LogP contribution in [0.1, 0.15) is 37.7 Å². The second kappa shape index (κ2) is 10.1. The van der Waals surface area contributed by atoms with Crippen molar-refractivity contribution in [1.29, 1.82) is 0 Å². The molecule has 104 valence electrons. The Morgan fingerprint density at radius 1 is 1.11 bits per heavy atom. The van der Waals surface area contributed by atoms with E-state index < -0.39 is 0 Å². The van der Waals surface area contributed by atoms with Gasteiger partial charge in [0.1, 0.15) is 12.9 Å². The Kier molecular flexibility index (Phi) is 8.10. The maximum absolute atomic E-state index is 11.4. The highest BCUT2D eigenvalue weighted by Gasteiger charge is 2.01. The molecule has 0 bridgehead atoms. The Hall–Kier alpha value is -1.84. The lowest BCUT2D eigenvalue weighted by atomic mass is 10.1. The molecule has 0 saturated heterocycles. The minimum Gasteiger partial charge on any atom is -0.445 e. The monoisotopic (exact) mass is 263 g/mol. The SMILES string of the molecule is O=CCCCCCCNC(=O)OCc1ccccc1. The van der Waals surface area contributed by atoms with Crippen molar-refractivity contribution >= 4 is 12.4 Å². The van der Waals surface area contributed by atoms with Crippen LogP contribution in [0.15, 0.2) is 30.3 Å². The van der Waals surface area contributed by atoms with Crippen molar-refractivity contribution in [1.82, 2.24) is 5.32 Å². The Balaban J connectivity index is 1.98. The number of aldehydes is 1. The van der Waals surface area contributed by atoms with Gasteiger partial charge in [-0.1, -0.05) is 43.2 Å². The van der Waals surface area contributed by atoms with Crippen LogP contribution in [0.3, 0.4) is 0 Å². The van der Waals surface area contributed by atoms with E-state index in [0.717, 1.165) is 37.5 Å². The molecule has 1 rings (SSSR count). The fraction of sp³-hybridized carbons (Fsp3) is 0.467. The molecule has 0 aliphatic carbocycles. The van der Waals surface area contributed by atoms with Crippen molar-refractivity contribution in [2.45, 2.75) is 38.7 Å². The van der Waals surface area contributed by atoms with Gasteiger partial charge >= 0.3 is 6.09 Å². The van der Waals surface area contributed by atoms with Crippen LogP contribution in [0.5, 0.6) is 0 Å². The van der Waals surface area contributed by atoms with E-state index in [-0.39, 0.29) is 6.09 Å². The smallest absolute Gasteiger partial charge is 0.407 e. The second-order valence-electron chi connectivity index (χ2n) is 4.36. The van der Waals surface area contributed by atoms with Gasteiger partial charge in [0, 0.05) is 13.0 Å². The van der Waals surface area contributed by atoms with Gasteiger partial charge in [-0.05, 0) is 18.4 Å². The Labute approximate surface area is 114 Å². The van der Waals surface area contributed by atoms with Gasteiger partial charge in [-0.3, -0.25) is 0 Å². The van der Waals surface area contributed by atoms with Crippen LogP contribution in [0.4, 0.5) is 4.79 Å². The third-order valence-electron chi connectivity index (χ3n) is 2.73. The van der Waals surface area contributed by atoms with Gasteiger partial charge in [0.2, 0.25) is 0 Å². The van der Waals surface area contributed by atoms with E-state index in [1.807, 2.05) is 30.3 Å². The van der Waals surface area contributed by atoms with Crippen LogP contribution in [0.2, 0.25) is 0 Å². The molecular weight excluding hydrogens is 242 g/mol. The van der Waals surface area contributed by atoms with Crippen LogP contribution in [0, 0.1) is 0 Å². The lowest BCUT2D eigenvalue weighted by Gasteiger charge is -2.06. The Morgan fingerprint density at radius 3 is 2.58 bits per heavy atom. The summed E-state index contributed by atoms with van der Waals surface area (Å²) in [6.45, 7) is 0.917. The predicted molar refractivity (Wildman–Crippen MR) is 73.8 cm³/mol. The number of nitrogens with one attached hydrogen (secondary N) is 1. The number of alkyl carbamates (subject to hydrolysis) is 1. The Morgan fingerprint density at radius 2 is 1.84 bits per heavy atom. The molecule has 1 aromatic rings. The molecule has 0 spiro atoms. The molecule has 1 aromatic carbocycles. The molecule has 0 aliphatic heterocycles. The van der Waals surface area contributed by atoms with Gasteiger partial charge in [0.15, 0.2) is 0 Å². The molecule has 1 amide bonds. The minimum atomic E-state index is -0.378. The molecule has 19 heavy (non-hydrogen) atoms. The second-order valence-corrected chi connectivity index (χ2v) is 4.36. The molecule has 0 heterocycles. The summed E-state index contributed by atoms with van der Waals surface area (Å²) in [6, 6.07) is 9.58. The van der Waals surface area contributed by atoms with E-state index in [2.05, 4.69) is 5.32 Å². The number of benzene rings is 1. The zero-order valence-electron chi connectivity index (χ0n) is 11.1. The van der Waals surface area contributed by atoms with Crippen molar-refractivity contribution in [3.8, 4) is 0 Å². The summed E-state index contributed by atoms with van der Waals surface area (Å²) in [6.07, 6.45) is 5.09. The first kappa shape index (κ1) is 15.2. The number of rotatable bonds is 9. The number of amides is 1. The van der Waals surface area contributed by atoms with Gasteiger partial charge in [0.25, 0.3) is 0 Å². The topological polar surface area (TPSA) is 55.4 Å². The number of hydrogen-bond donors (Lipinski definition) is 1. The van der Waals surface area contributed by atoms with E-state index in [9.17, 15) is 9.59 Å². The predicted octanol–water partition coefficient (Wildman–Crippen LogP) is 3.06. The largest absolute Gasteiger partial charge is 0.445 e. The van der Waals surface area contributed by atoms with Gasteiger partial charge < -0.3 is 14.8 Å². The van der Waals surface area contributed by atoms with Crippen LogP contribution < -0.4 is 5.32 Å². The average Bonchev–Trinajstić information content (AvgIpc) is 2.45. The molecule has 4 heteroatoms. The van der Waals surface area contributed by atoms with Crippen LogP contribution in [-0.4, -0.2) is 18.9 Å². The third-order valence-corrected chi connectivity index (χ3v) is 2.73. The summed E-state index contributed by atoms with van der Waals surface area (Å²) in [5.41, 5.74) is 0.978. The van der Waals surface area contributed by atoms with Crippen molar-refractivity contribution < 1.29 is 14.3 Å². The quantitative estimate of drug-likeness (QED) is 0.550.